The Balaban J connectivity index is 2.42. The first-order chi connectivity index (χ1) is 6.96. The molecule has 0 aliphatic carbocycles. The van der Waals surface area contributed by atoms with E-state index in [0.717, 1.165) is 18.1 Å². The van der Waals surface area contributed by atoms with Gasteiger partial charge in [0, 0.05) is 13.6 Å². The summed E-state index contributed by atoms with van der Waals surface area (Å²) in [5.74, 6) is 1.79. The van der Waals surface area contributed by atoms with Crippen molar-refractivity contribution in [2.24, 2.45) is 7.05 Å². The average Bonchev–Trinajstić information content (AvgIpc) is 2.49. The Labute approximate surface area is 90.5 Å². The van der Waals surface area contributed by atoms with Gasteiger partial charge in [0.25, 0.3) is 0 Å². The summed E-state index contributed by atoms with van der Waals surface area (Å²) in [6.45, 7) is 6.90. The number of hydrogen-bond donors (Lipinski definition) is 2. The number of nitrogens with one attached hydrogen (secondary N) is 1. The van der Waals surface area contributed by atoms with Gasteiger partial charge in [0.15, 0.2) is 0 Å². The molecule has 0 amide bonds. The van der Waals surface area contributed by atoms with Crippen LogP contribution in [0.2, 0.25) is 0 Å². The van der Waals surface area contributed by atoms with Crippen molar-refractivity contribution in [1.82, 2.24) is 20.1 Å². The van der Waals surface area contributed by atoms with Crippen LogP contribution in [0.1, 0.15) is 31.9 Å². The highest BCUT2D eigenvalue weighted by Gasteiger charge is 2.16. The lowest BCUT2D eigenvalue weighted by molar-refractivity contribution is 0.0553. The van der Waals surface area contributed by atoms with Crippen molar-refractivity contribution in [3.63, 3.8) is 0 Å². The molecule has 0 aliphatic heterocycles. The number of aliphatic hydroxyl groups is 1. The van der Waals surface area contributed by atoms with E-state index in [1.54, 1.807) is 0 Å². The van der Waals surface area contributed by atoms with E-state index in [4.69, 9.17) is 0 Å². The number of nitrogens with zero attached hydrogens (tertiary/aromatic N) is 3. The van der Waals surface area contributed by atoms with Crippen LogP contribution in [0.5, 0.6) is 0 Å². The van der Waals surface area contributed by atoms with Crippen molar-refractivity contribution < 1.29 is 5.11 Å². The van der Waals surface area contributed by atoms with E-state index >= 15 is 0 Å². The molecule has 0 aliphatic rings. The van der Waals surface area contributed by atoms with Gasteiger partial charge >= 0.3 is 0 Å². The predicted molar refractivity (Wildman–Crippen MR) is 58.4 cm³/mol. The van der Waals surface area contributed by atoms with Gasteiger partial charge in [0.1, 0.15) is 11.6 Å². The Morgan fingerprint density at radius 2 is 2.13 bits per heavy atom. The fourth-order valence-electron chi connectivity index (χ4n) is 1.17. The van der Waals surface area contributed by atoms with Crippen molar-refractivity contribution in [3.8, 4) is 0 Å². The largest absolute Gasteiger partial charge is 0.389 e. The summed E-state index contributed by atoms with van der Waals surface area (Å²) >= 11 is 0. The Morgan fingerprint density at radius 1 is 1.47 bits per heavy atom. The van der Waals surface area contributed by atoms with Crippen molar-refractivity contribution in [2.45, 2.75) is 39.3 Å². The van der Waals surface area contributed by atoms with Gasteiger partial charge in [-0.1, -0.05) is 6.92 Å². The zero-order chi connectivity index (χ0) is 11.5. The fourth-order valence-corrected chi connectivity index (χ4v) is 1.17. The SMILES string of the molecule is CCC(C)(O)CNCc1nnc(C)n1C. The van der Waals surface area contributed by atoms with Gasteiger partial charge in [-0.15, -0.1) is 10.2 Å². The molecule has 5 nitrogen and oxygen atoms in total. The maximum absolute atomic E-state index is 9.77. The molecular weight excluding hydrogens is 192 g/mol. The normalized spacial score (nSPS) is 15.3. The van der Waals surface area contributed by atoms with Crippen molar-refractivity contribution in [3.05, 3.63) is 11.6 Å². The minimum absolute atomic E-state index is 0.565. The molecule has 0 saturated heterocycles. The maximum Gasteiger partial charge on any atom is 0.146 e. The van der Waals surface area contributed by atoms with Gasteiger partial charge in [-0.25, -0.2) is 0 Å². The molecule has 5 heteroatoms. The van der Waals surface area contributed by atoms with Gasteiger partial charge in [0.2, 0.25) is 0 Å². The number of aryl methyl sites for hydroxylation is 1. The second kappa shape index (κ2) is 4.72. The van der Waals surface area contributed by atoms with Crippen LogP contribution in [0.15, 0.2) is 0 Å². The molecule has 1 aromatic rings. The first-order valence-electron chi connectivity index (χ1n) is 5.24. The minimum atomic E-state index is -0.645. The van der Waals surface area contributed by atoms with Gasteiger partial charge in [-0.3, -0.25) is 0 Å². The molecule has 1 heterocycles. The highest BCUT2D eigenvalue weighted by molar-refractivity contribution is 4.92. The topological polar surface area (TPSA) is 63.0 Å². The van der Waals surface area contributed by atoms with Crippen LogP contribution in [0.25, 0.3) is 0 Å². The third kappa shape index (κ3) is 3.28. The summed E-state index contributed by atoms with van der Waals surface area (Å²) in [5, 5.41) is 20.9. The molecule has 1 atom stereocenters. The number of hydrogen-bond acceptors (Lipinski definition) is 4. The molecule has 1 aromatic heterocycles. The average molecular weight is 212 g/mol. The second-order valence-electron chi connectivity index (χ2n) is 4.18. The Hall–Kier alpha value is -0.940. The summed E-state index contributed by atoms with van der Waals surface area (Å²) < 4.78 is 1.94. The molecule has 1 unspecified atom stereocenters. The van der Waals surface area contributed by atoms with Crippen molar-refractivity contribution in [2.75, 3.05) is 6.54 Å². The monoisotopic (exact) mass is 212 g/mol. The summed E-state index contributed by atoms with van der Waals surface area (Å²) in [6, 6.07) is 0. The molecule has 2 N–H and O–H groups in total. The highest BCUT2D eigenvalue weighted by Crippen LogP contribution is 2.06. The lowest BCUT2D eigenvalue weighted by atomic mass is 10.0. The Bertz CT molecular complexity index is 319. The van der Waals surface area contributed by atoms with Crippen LogP contribution in [0, 0.1) is 6.92 Å². The molecule has 0 aromatic carbocycles. The van der Waals surface area contributed by atoms with E-state index in [1.807, 2.05) is 32.4 Å². The molecule has 86 valence electrons. The third-order valence-corrected chi connectivity index (χ3v) is 2.73. The van der Waals surface area contributed by atoms with Crippen LogP contribution in [0.3, 0.4) is 0 Å². The fraction of sp³-hybridized carbons (Fsp3) is 0.800. The van der Waals surface area contributed by atoms with E-state index in [1.165, 1.54) is 0 Å². The van der Waals surface area contributed by atoms with Crippen LogP contribution in [0.4, 0.5) is 0 Å². The number of aromatic nitrogens is 3. The van der Waals surface area contributed by atoms with Crippen LogP contribution < -0.4 is 5.32 Å². The quantitative estimate of drug-likeness (QED) is 0.740. The summed E-state index contributed by atoms with van der Waals surface area (Å²) in [7, 11) is 1.93. The molecule has 1 rings (SSSR count). The first-order valence-corrected chi connectivity index (χ1v) is 5.24. The molecule has 15 heavy (non-hydrogen) atoms. The molecular formula is C10H20N4O. The molecule has 0 saturated carbocycles. The third-order valence-electron chi connectivity index (χ3n) is 2.73. The predicted octanol–water partition coefficient (Wildman–Crippen LogP) is 0.374. The van der Waals surface area contributed by atoms with Crippen molar-refractivity contribution >= 4 is 0 Å². The lowest BCUT2D eigenvalue weighted by Gasteiger charge is -2.21. The van der Waals surface area contributed by atoms with Crippen LogP contribution in [-0.4, -0.2) is 32.0 Å². The molecule has 0 fully saturated rings. The molecule has 0 spiro atoms. The summed E-state index contributed by atoms with van der Waals surface area (Å²) in [4.78, 5) is 0. The van der Waals surface area contributed by atoms with Gasteiger partial charge < -0.3 is 15.0 Å². The molecule has 0 radical (unpaired) electrons. The van der Waals surface area contributed by atoms with E-state index in [-0.39, 0.29) is 0 Å². The highest BCUT2D eigenvalue weighted by atomic mass is 16.3. The number of rotatable bonds is 5. The maximum atomic E-state index is 9.77. The van der Waals surface area contributed by atoms with E-state index < -0.39 is 5.60 Å². The lowest BCUT2D eigenvalue weighted by Crippen LogP contribution is -2.37. The standard InChI is InChI=1S/C10H20N4O/c1-5-10(3,15)7-11-6-9-13-12-8(2)14(9)4/h11,15H,5-7H2,1-4H3. The van der Waals surface area contributed by atoms with Crippen molar-refractivity contribution in [1.29, 1.82) is 0 Å². The molecule has 0 bridgehead atoms. The first kappa shape index (κ1) is 12.1. The summed E-state index contributed by atoms with van der Waals surface area (Å²) in [5.41, 5.74) is -0.645. The smallest absolute Gasteiger partial charge is 0.146 e. The van der Waals surface area contributed by atoms with Crippen LogP contribution in [-0.2, 0) is 13.6 Å². The van der Waals surface area contributed by atoms with Gasteiger partial charge in [0.05, 0.1) is 12.1 Å². The van der Waals surface area contributed by atoms with E-state index in [2.05, 4.69) is 15.5 Å². The minimum Gasteiger partial charge on any atom is -0.389 e. The van der Waals surface area contributed by atoms with E-state index in [9.17, 15) is 5.11 Å². The van der Waals surface area contributed by atoms with Gasteiger partial charge in [-0.2, -0.15) is 0 Å². The second-order valence-corrected chi connectivity index (χ2v) is 4.18. The van der Waals surface area contributed by atoms with Crippen LogP contribution >= 0.6 is 0 Å². The Morgan fingerprint density at radius 3 is 2.60 bits per heavy atom. The zero-order valence-corrected chi connectivity index (χ0v) is 9.91. The zero-order valence-electron chi connectivity index (χ0n) is 9.91. The van der Waals surface area contributed by atoms with Gasteiger partial charge in [-0.05, 0) is 20.3 Å². The van der Waals surface area contributed by atoms with E-state index in [0.29, 0.717) is 13.1 Å². The summed E-state index contributed by atoms with van der Waals surface area (Å²) in [6.07, 6.45) is 0.734. The Kier molecular flexibility index (Phi) is 3.82.